The fraction of sp³-hybridized carbons (Fsp3) is 0.0909. The maximum Gasteiger partial charge on any atom is 0.232 e. The fourth-order valence-corrected chi connectivity index (χ4v) is 1.77. The highest BCUT2D eigenvalue weighted by Gasteiger charge is 2.09. The van der Waals surface area contributed by atoms with Gasteiger partial charge in [0.1, 0.15) is 16.2 Å². The molecule has 2 N–H and O–H groups in total. The van der Waals surface area contributed by atoms with Gasteiger partial charge >= 0.3 is 0 Å². The van der Waals surface area contributed by atoms with E-state index in [2.05, 4.69) is 25.9 Å². The van der Waals surface area contributed by atoms with E-state index in [-0.39, 0.29) is 5.82 Å². The summed E-state index contributed by atoms with van der Waals surface area (Å²) in [4.78, 5) is 9.91. The Hall–Kier alpha value is -1.69. The lowest BCUT2D eigenvalue weighted by Gasteiger charge is -2.17. The van der Waals surface area contributed by atoms with E-state index in [0.29, 0.717) is 22.1 Å². The fourth-order valence-electron chi connectivity index (χ4n) is 1.37. The first-order valence-corrected chi connectivity index (χ1v) is 5.65. The molecule has 1 aromatic carbocycles. The van der Waals surface area contributed by atoms with E-state index in [1.807, 2.05) is 0 Å². The summed E-state index contributed by atoms with van der Waals surface area (Å²) >= 11 is 3.24. The van der Waals surface area contributed by atoms with E-state index in [9.17, 15) is 4.39 Å². The van der Waals surface area contributed by atoms with E-state index in [1.54, 1.807) is 30.1 Å². The van der Waals surface area contributed by atoms with E-state index >= 15 is 0 Å². The predicted molar refractivity (Wildman–Crippen MR) is 68.6 cm³/mol. The molecule has 0 atom stereocenters. The minimum absolute atomic E-state index is 0.308. The molecule has 0 aliphatic carbocycles. The first kappa shape index (κ1) is 11.8. The SMILES string of the molecule is CN(c1cccc(F)c1)c1nc(N)cc(Br)n1. The number of hydrogen-bond acceptors (Lipinski definition) is 4. The van der Waals surface area contributed by atoms with Gasteiger partial charge in [0.15, 0.2) is 0 Å². The first-order valence-electron chi connectivity index (χ1n) is 4.85. The van der Waals surface area contributed by atoms with Gasteiger partial charge in [-0.15, -0.1) is 0 Å². The molecule has 0 saturated heterocycles. The highest BCUT2D eigenvalue weighted by atomic mass is 79.9. The van der Waals surface area contributed by atoms with Gasteiger partial charge in [0.25, 0.3) is 0 Å². The summed E-state index contributed by atoms with van der Waals surface area (Å²) in [6.07, 6.45) is 0. The summed E-state index contributed by atoms with van der Waals surface area (Å²) in [6.45, 7) is 0. The molecule has 0 aliphatic heterocycles. The second-order valence-corrected chi connectivity index (χ2v) is 4.27. The van der Waals surface area contributed by atoms with Gasteiger partial charge in [-0.3, -0.25) is 0 Å². The van der Waals surface area contributed by atoms with Crippen LogP contribution in [0.25, 0.3) is 0 Å². The minimum atomic E-state index is -0.308. The zero-order valence-corrected chi connectivity index (χ0v) is 10.6. The Balaban J connectivity index is 2.39. The van der Waals surface area contributed by atoms with Gasteiger partial charge < -0.3 is 10.6 Å². The van der Waals surface area contributed by atoms with E-state index < -0.39 is 0 Å². The molecule has 88 valence electrons. The Morgan fingerprint density at radius 2 is 2.06 bits per heavy atom. The molecular weight excluding hydrogens is 287 g/mol. The van der Waals surface area contributed by atoms with Crippen molar-refractivity contribution in [3.05, 3.63) is 40.8 Å². The second kappa shape index (κ2) is 4.67. The van der Waals surface area contributed by atoms with Crippen molar-refractivity contribution in [2.45, 2.75) is 0 Å². The van der Waals surface area contributed by atoms with Gasteiger partial charge in [0, 0.05) is 18.8 Å². The highest BCUT2D eigenvalue weighted by Crippen LogP contribution is 2.23. The Morgan fingerprint density at radius 1 is 1.29 bits per heavy atom. The molecule has 1 aromatic heterocycles. The maximum absolute atomic E-state index is 13.1. The molecule has 2 rings (SSSR count). The number of nitrogen functional groups attached to an aromatic ring is 1. The molecule has 17 heavy (non-hydrogen) atoms. The number of nitrogens with zero attached hydrogens (tertiary/aromatic N) is 3. The third kappa shape index (κ3) is 2.71. The average Bonchev–Trinajstić information content (AvgIpc) is 2.26. The lowest BCUT2D eigenvalue weighted by Crippen LogP contribution is -2.14. The highest BCUT2D eigenvalue weighted by molar-refractivity contribution is 9.10. The third-order valence-corrected chi connectivity index (χ3v) is 2.60. The van der Waals surface area contributed by atoms with Gasteiger partial charge in [-0.1, -0.05) is 6.07 Å². The number of anilines is 3. The quantitative estimate of drug-likeness (QED) is 0.866. The van der Waals surface area contributed by atoms with Gasteiger partial charge in [-0.2, -0.15) is 4.98 Å². The number of nitrogens with two attached hydrogens (primary N) is 1. The second-order valence-electron chi connectivity index (χ2n) is 3.45. The van der Waals surface area contributed by atoms with Crippen LogP contribution in [-0.2, 0) is 0 Å². The maximum atomic E-state index is 13.1. The largest absolute Gasteiger partial charge is 0.383 e. The monoisotopic (exact) mass is 296 g/mol. The Bertz CT molecular complexity index is 526. The van der Waals surface area contributed by atoms with Gasteiger partial charge in [0.2, 0.25) is 5.95 Å². The minimum Gasteiger partial charge on any atom is -0.383 e. The first-order chi connectivity index (χ1) is 8.06. The third-order valence-electron chi connectivity index (χ3n) is 2.20. The molecule has 1 heterocycles. The van der Waals surface area contributed by atoms with Crippen LogP contribution in [0.3, 0.4) is 0 Å². The van der Waals surface area contributed by atoms with Crippen molar-refractivity contribution in [3.63, 3.8) is 0 Å². The molecule has 0 amide bonds. The van der Waals surface area contributed by atoms with Crippen LogP contribution in [0.1, 0.15) is 0 Å². The number of benzene rings is 1. The molecule has 6 heteroatoms. The summed E-state index contributed by atoms with van der Waals surface area (Å²) in [6, 6.07) is 7.78. The summed E-state index contributed by atoms with van der Waals surface area (Å²) in [5.74, 6) is 0.449. The molecule has 0 fully saturated rings. The Morgan fingerprint density at radius 3 is 2.71 bits per heavy atom. The lowest BCUT2D eigenvalue weighted by atomic mass is 10.3. The zero-order chi connectivity index (χ0) is 12.4. The van der Waals surface area contributed by atoms with Crippen LogP contribution < -0.4 is 10.6 Å². The molecule has 0 saturated carbocycles. The van der Waals surface area contributed by atoms with Crippen LogP contribution in [0.15, 0.2) is 34.9 Å². The molecule has 0 spiro atoms. The van der Waals surface area contributed by atoms with Crippen molar-refractivity contribution >= 4 is 33.4 Å². The van der Waals surface area contributed by atoms with E-state index in [0.717, 1.165) is 0 Å². The van der Waals surface area contributed by atoms with Crippen LogP contribution in [0.4, 0.5) is 21.8 Å². The standard InChI is InChI=1S/C11H10BrFN4/c1-17(8-4-2-3-7(13)5-8)11-15-9(12)6-10(14)16-11/h2-6H,1H3,(H2,14,15,16). The number of halogens is 2. The molecule has 0 aliphatic rings. The average molecular weight is 297 g/mol. The molecule has 0 bridgehead atoms. The summed E-state index contributed by atoms with van der Waals surface area (Å²) in [5, 5.41) is 0. The Labute approximate surface area is 106 Å². The van der Waals surface area contributed by atoms with Crippen LogP contribution in [0, 0.1) is 5.82 Å². The molecule has 0 radical (unpaired) electrons. The topological polar surface area (TPSA) is 55.0 Å². The van der Waals surface area contributed by atoms with Crippen LogP contribution in [0.5, 0.6) is 0 Å². The number of rotatable bonds is 2. The smallest absolute Gasteiger partial charge is 0.232 e. The molecule has 0 unspecified atom stereocenters. The predicted octanol–water partition coefficient (Wildman–Crippen LogP) is 2.73. The number of hydrogen-bond donors (Lipinski definition) is 1. The van der Waals surface area contributed by atoms with Crippen LogP contribution >= 0.6 is 15.9 Å². The van der Waals surface area contributed by atoms with Crippen molar-refractivity contribution < 1.29 is 4.39 Å². The van der Waals surface area contributed by atoms with Crippen LogP contribution in [0.2, 0.25) is 0 Å². The van der Waals surface area contributed by atoms with E-state index in [1.165, 1.54) is 12.1 Å². The molecule has 2 aromatic rings. The van der Waals surface area contributed by atoms with Gasteiger partial charge in [-0.25, -0.2) is 9.37 Å². The summed E-state index contributed by atoms with van der Waals surface area (Å²) in [7, 11) is 1.75. The molecule has 4 nitrogen and oxygen atoms in total. The van der Waals surface area contributed by atoms with Crippen molar-refractivity contribution in [2.75, 3.05) is 17.7 Å². The van der Waals surface area contributed by atoms with Crippen molar-refractivity contribution in [1.29, 1.82) is 0 Å². The zero-order valence-electron chi connectivity index (χ0n) is 9.06. The van der Waals surface area contributed by atoms with Crippen molar-refractivity contribution in [2.24, 2.45) is 0 Å². The summed E-state index contributed by atoms with van der Waals surface area (Å²) in [5.41, 5.74) is 6.28. The van der Waals surface area contributed by atoms with Crippen molar-refractivity contribution in [3.8, 4) is 0 Å². The Kier molecular flexibility index (Phi) is 3.23. The van der Waals surface area contributed by atoms with Crippen LogP contribution in [-0.4, -0.2) is 17.0 Å². The van der Waals surface area contributed by atoms with Gasteiger partial charge in [0.05, 0.1) is 0 Å². The van der Waals surface area contributed by atoms with Gasteiger partial charge in [-0.05, 0) is 34.1 Å². The van der Waals surface area contributed by atoms with Crippen molar-refractivity contribution in [1.82, 2.24) is 9.97 Å². The lowest BCUT2D eigenvalue weighted by molar-refractivity contribution is 0.628. The normalized spacial score (nSPS) is 10.3. The number of aromatic nitrogens is 2. The molecular formula is C11H10BrFN4. The van der Waals surface area contributed by atoms with E-state index in [4.69, 9.17) is 5.73 Å². The summed E-state index contributed by atoms with van der Waals surface area (Å²) < 4.78 is 13.7.